The number of nitrogens with two attached hydrogens (primary N) is 1. The highest BCUT2D eigenvalue weighted by atomic mass is 16.3. The first-order chi connectivity index (χ1) is 7.10. The molecule has 0 aliphatic heterocycles. The summed E-state index contributed by atoms with van der Waals surface area (Å²) in [6, 6.07) is 0. The van der Waals surface area contributed by atoms with Crippen molar-refractivity contribution in [1.29, 1.82) is 0 Å². The van der Waals surface area contributed by atoms with Crippen LogP contribution in [0.5, 0.6) is 0 Å². The van der Waals surface area contributed by atoms with E-state index >= 15 is 0 Å². The lowest BCUT2D eigenvalue weighted by Crippen LogP contribution is -2.20. The summed E-state index contributed by atoms with van der Waals surface area (Å²) in [6.45, 7) is 2.17. The summed E-state index contributed by atoms with van der Waals surface area (Å²) in [4.78, 5) is 10.4. The van der Waals surface area contributed by atoms with Crippen LogP contribution in [0.1, 0.15) is 24.4 Å². The van der Waals surface area contributed by atoms with Gasteiger partial charge in [-0.1, -0.05) is 6.92 Å². The summed E-state index contributed by atoms with van der Waals surface area (Å²) in [5, 5.41) is 9.69. The fraction of sp³-hybridized carbons (Fsp3) is 0.600. The van der Waals surface area contributed by atoms with Gasteiger partial charge in [-0.05, 0) is 0 Å². The van der Waals surface area contributed by atoms with Gasteiger partial charge in [0.25, 0.3) is 0 Å². The van der Waals surface area contributed by atoms with Crippen molar-refractivity contribution in [2.45, 2.75) is 19.4 Å². The summed E-state index contributed by atoms with van der Waals surface area (Å²) in [6.07, 6.45) is 1.73. The van der Waals surface area contributed by atoms with Crippen LogP contribution in [0.4, 0.5) is 5.82 Å². The summed E-state index contributed by atoms with van der Waals surface area (Å²) in [5.41, 5.74) is 6.10. The normalized spacial score (nSPS) is 12.6. The first-order valence-electron chi connectivity index (χ1n) is 5.01. The Hall–Kier alpha value is -1.20. The summed E-state index contributed by atoms with van der Waals surface area (Å²) >= 11 is 0. The van der Waals surface area contributed by atoms with E-state index in [1.807, 2.05) is 25.9 Å². The maximum atomic E-state index is 9.69. The van der Waals surface area contributed by atoms with Crippen LogP contribution in [0, 0.1) is 0 Å². The Bertz CT molecular complexity index is 327. The number of aliphatic hydroxyl groups is 1. The Kier molecular flexibility index (Phi) is 3.99. The van der Waals surface area contributed by atoms with Crippen LogP contribution >= 0.6 is 0 Å². The average molecular weight is 210 g/mol. The highest BCUT2D eigenvalue weighted by molar-refractivity contribution is 5.46. The van der Waals surface area contributed by atoms with Crippen LogP contribution in [0.3, 0.4) is 0 Å². The molecule has 0 spiro atoms. The van der Waals surface area contributed by atoms with Gasteiger partial charge in [-0.2, -0.15) is 0 Å². The van der Waals surface area contributed by atoms with Crippen molar-refractivity contribution in [1.82, 2.24) is 9.97 Å². The van der Waals surface area contributed by atoms with E-state index in [2.05, 4.69) is 9.97 Å². The second-order valence-corrected chi connectivity index (χ2v) is 3.56. The Balaban J connectivity index is 3.15. The molecule has 5 heteroatoms. The van der Waals surface area contributed by atoms with E-state index in [1.54, 1.807) is 6.20 Å². The fourth-order valence-corrected chi connectivity index (χ4v) is 1.31. The molecule has 1 heterocycles. The van der Waals surface area contributed by atoms with Gasteiger partial charge >= 0.3 is 0 Å². The van der Waals surface area contributed by atoms with Crippen molar-refractivity contribution < 1.29 is 5.11 Å². The molecule has 0 aliphatic rings. The summed E-state index contributed by atoms with van der Waals surface area (Å²) < 4.78 is 0. The predicted molar refractivity (Wildman–Crippen MR) is 59.8 cm³/mol. The molecule has 1 unspecified atom stereocenters. The van der Waals surface area contributed by atoms with E-state index in [4.69, 9.17) is 5.73 Å². The van der Waals surface area contributed by atoms with E-state index in [1.165, 1.54) is 0 Å². The first kappa shape index (κ1) is 11.9. The van der Waals surface area contributed by atoms with Crippen molar-refractivity contribution in [2.75, 3.05) is 25.5 Å². The number of rotatable bonds is 4. The van der Waals surface area contributed by atoms with Gasteiger partial charge in [0.05, 0.1) is 6.10 Å². The van der Waals surface area contributed by atoms with Gasteiger partial charge in [0.1, 0.15) is 11.6 Å². The van der Waals surface area contributed by atoms with Gasteiger partial charge in [-0.25, -0.2) is 9.97 Å². The third-order valence-electron chi connectivity index (χ3n) is 2.17. The van der Waals surface area contributed by atoms with Gasteiger partial charge in [-0.3, -0.25) is 0 Å². The van der Waals surface area contributed by atoms with Crippen LogP contribution in [-0.2, 0) is 6.42 Å². The second kappa shape index (κ2) is 5.04. The average Bonchev–Trinajstić information content (AvgIpc) is 2.27. The molecule has 1 aromatic rings. The largest absolute Gasteiger partial charge is 0.387 e. The molecule has 0 bridgehead atoms. The van der Waals surface area contributed by atoms with Crippen LogP contribution < -0.4 is 10.6 Å². The van der Waals surface area contributed by atoms with Crippen molar-refractivity contribution in [2.24, 2.45) is 5.73 Å². The van der Waals surface area contributed by atoms with Gasteiger partial charge in [0, 0.05) is 38.8 Å². The van der Waals surface area contributed by atoms with Crippen molar-refractivity contribution in [3.05, 3.63) is 17.6 Å². The molecule has 0 amide bonds. The lowest BCUT2D eigenvalue weighted by molar-refractivity contribution is 0.186. The van der Waals surface area contributed by atoms with Crippen molar-refractivity contribution in [3.63, 3.8) is 0 Å². The maximum absolute atomic E-state index is 9.69. The number of aromatic nitrogens is 2. The predicted octanol–water partition coefficient (Wildman–Crippen LogP) is 0.0971. The topological polar surface area (TPSA) is 75.3 Å². The number of hydrogen-bond donors (Lipinski definition) is 2. The first-order valence-corrected chi connectivity index (χ1v) is 5.01. The van der Waals surface area contributed by atoms with E-state index < -0.39 is 6.10 Å². The van der Waals surface area contributed by atoms with Gasteiger partial charge < -0.3 is 15.7 Å². The summed E-state index contributed by atoms with van der Waals surface area (Å²) in [7, 11) is 3.77. The number of aliphatic hydroxyl groups excluding tert-OH is 1. The summed E-state index contributed by atoms with van der Waals surface area (Å²) in [5.74, 6) is 1.51. The maximum Gasteiger partial charge on any atom is 0.137 e. The number of aryl methyl sites for hydroxylation is 1. The lowest BCUT2D eigenvalue weighted by Gasteiger charge is -2.19. The molecule has 0 saturated carbocycles. The zero-order chi connectivity index (χ0) is 11.4. The standard InChI is InChI=1S/C10H18N4O/c1-4-9-12-6-7(8(15)5-11)10(13-9)14(2)3/h6,8,15H,4-5,11H2,1-3H3. The molecule has 0 aliphatic carbocycles. The Labute approximate surface area is 90.0 Å². The van der Waals surface area contributed by atoms with Crippen molar-refractivity contribution >= 4 is 5.82 Å². The quantitative estimate of drug-likeness (QED) is 0.737. The molecule has 5 nitrogen and oxygen atoms in total. The van der Waals surface area contributed by atoms with Crippen LogP contribution in [0.15, 0.2) is 6.20 Å². The number of hydrogen-bond acceptors (Lipinski definition) is 5. The number of anilines is 1. The SMILES string of the molecule is CCc1ncc(C(O)CN)c(N(C)C)n1. The second-order valence-electron chi connectivity index (χ2n) is 3.56. The van der Waals surface area contributed by atoms with Crippen LogP contribution in [0.25, 0.3) is 0 Å². The molecular weight excluding hydrogens is 192 g/mol. The molecule has 1 aromatic heterocycles. The third kappa shape index (κ3) is 2.64. The molecule has 15 heavy (non-hydrogen) atoms. The molecule has 1 rings (SSSR count). The Morgan fingerprint density at radius 2 is 2.20 bits per heavy atom. The highest BCUT2D eigenvalue weighted by Gasteiger charge is 2.14. The Morgan fingerprint density at radius 3 is 2.67 bits per heavy atom. The zero-order valence-electron chi connectivity index (χ0n) is 9.44. The van der Waals surface area contributed by atoms with E-state index in [9.17, 15) is 5.11 Å². The number of nitrogens with zero attached hydrogens (tertiary/aromatic N) is 3. The molecule has 1 atom stereocenters. The minimum absolute atomic E-state index is 0.176. The smallest absolute Gasteiger partial charge is 0.137 e. The van der Waals surface area contributed by atoms with Gasteiger partial charge in [0.15, 0.2) is 0 Å². The third-order valence-corrected chi connectivity index (χ3v) is 2.17. The van der Waals surface area contributed by atoms with Crippen molar-refractivity contribution in [3.8, 4) is 0 Å². The molecule has 0 saturated heterocycles. The molecule has 0 aromatic carbocycles. The fourth-order valence-electron chi connectivity index (χ4n) is 1.31. The van der Waals surface area contributed by atoms with Gasteiger partial charge in [-0.15, -0.1) is 0 Å². The van der Waals surface area contributed by atoms with E-state index in [0.717, 1.165) is 18.1 Å². The molecule has 84 valence electrons. The minimum atomic E-state index is -0.701. The molecule has 3 N–H and O–H groups in total. The lowest BCUT2D eigenvalue weighted by atomic mass is 10.1. The zero-order valence-corrected chi connectivity index (χ0v) is 9.44. The minimum Gasteiger partial charge on any atom is -0.387 e. The van der Waals surface area contributed by atoms with Gasteiger partial charge in [0.2, 0.25) is 0 Å². The molecule has 0 radical (unpaired) electrons. The van der Waals surface area contributed by atoms with Crippen LogP contribution in [0.2, 0.25) is 0 Å². The molecule has 0 fully saturated rings. The van der Waals surface area contributed by atoms with E-state index in [-0.39, 0.29) is 6.54 Å². The van der Waals surface area contributed by atoms with E-state index in [0.29, 0.717) is 5.56 Å². The highest BCUT2D eigenvalue weighted by Crippen LogP contribution is 2.21. The van der Waals surface area contributed by atoms with Crippen LogP contribution in [-0.4, -0.2) is 35.7 Å². The monoisotopic (exact) mass is 210 g/mol. The Morgan fingerprint density at radius 1 is 1.53 bits per heavy atom. The molecular formula is C10H18N4O.